The Kier molecular flexibility index (Phi) is 3.65. The molecule has 0 radical (unpaired) electrons. The lowest BCUT2D eigenvalue weighted by molar-refractivity contribution is -0.383. The van der Waals surface area contributed by atoms with Crippen LogP contribution in [0.25, 0.3) is 0 Å². The molecule has 20 heavy (non-hydrogen) atoms. The lowest BCUT2D eigenvalue weighted by atomic mass is 9.87. The number of carbonyl (C=O) groups is 1. The van der Waals surface area contributed by atoms with Crippen LogP contribution in [-0.2, 0) is 0 Å². The first-order chi connectivity index (χ1) is 9.33. The topological polar surface area (TPSA) is 98.3 Å². The molecule has 0 aromatic heterocycles. The molecule has 1 unspecified atom stereocenters. The van der Waals surface area contributed by atoms with E-state index in [1.165, 1.54) is 18.2 Å². The van der Waals surface area contributed by atoms with Gasteiger partial charge in [0.1, 0.15) is 5.69 Å². The summed E-state index contributed by atoms with van der Waals surface area (Å²) < 4.78 is 0. The normalized spacial score (nSPS) is 20.6. The van der Waals surface area contributed by atoms with Crippen LogP contribution in [0.3, 0.4) is 0 Å². The number of hydrogen-bond donors (Lipinski definition) is 2. The number of carbonyl (C=O) groups excluding carboxylic acids is 1. The van der Waals surface area contributed by atoms with Crippen molar-refractivity contribution >= 4 is 17.3 Å². The largest absolute Gasteiger partial charge is 0.393 e. The van der Waals surface area contributed by atoms with Crippen molar-refractivity contribution in [2.75, 3.05) is 5.73 Å². The Morgan fingerprint density at radius 1 is 1.50 bits per heavy atom. The van der Waals surface area contributed by atoms with Gasteiger partial charge in [-0.15, -0.1) is 0 Å². The third-order valence-electron chi connectivity index (χ3n) is 4.09. The van der Waals surface area contributed by atoms with Gasteiger partial charge in [-0.2, -0.15) is 0 Å². The number of nitrogens with one attached hydrogen (secondary N) is 1. The zero-order valence-electron chi connectivity index (χ0n) is 11.7. The number of nitrogens with zero attached hydrogens (tertiary/aromatic N) is 1. The Labute approximate surface area is 117 Å². The van der Waals surface area contributed by atoms with Crippen molar-refractivity contribution in [3.63, 3.8) is 0 Å². The molecule has 1 fully saturated rings. The zero-order valence-corrected chi connectivity index (χ0v) is 11.7. The first-order valence-electron chi connectivity index (χ1n) is 6.66. The maximum atomic E-state index is 12.3. The first kappa shape index (κ1) is 14.3. The number of nitrogen functional groups attached to an aromatic ring is 1. The Morgan fingerprint density at radius 2 is 2.20 bits per heavy atom. The van der Waals surface area contributed by atoms with E-state index in [1.54, 1.807) is 0 Å². The number of benzene rings is 1. The monoisotopic (exact) mass is 277 g/mol. The molecule has 3 N–H and O–H groups in total. The van der Waals surface area contributed by atoms with Crippen molar-refractivity contribution in [1.82, 2.24) is 5.32 Å². The van der Waals surface area contributed by atoms with Crippen molar-refractivity contribution in [3.05, 3.63) is 33.9 Å². The molecule has 1 aromatic carbocycles. The number of nitrogens with two attached hydrogens (primary N) is 1. The maximum Gasteiger partial charge on any atom is 0.292 e. The summed E-state index contributed by atoms with van der Waals surface area (Å²) in [6, 6.07) is 4.36. The van der Waals surface area contributed by atoms with E-state index in [-0.39, 0.29) is 34.3 Å². The molecule has 0 saturated heterocycles. The van der Waals surface area contributed by atoms with Crippen molar-refractivity contribution in [2.24, 2.45) is 5.41 Å². The average Bonchev–Trinajstić information content (AvgIpc) is 2.68. The van der Waals surface area contributed by atoms with Crippen LogP contribution in [0, 0.1) is 15.5 Å². The average molecular weight is 277 g/mol. The maximum absolute atomic E-state index is 12.3. The molecule has 1 saturated carbocycles. The minimum atomic E-state index is -0.578. The first-order valence-corrected chi connectivity index (χ1v) is 6.66. The van der Waals surface area contributed by atoms with Gasteiger partial charge in [0.05, 0.1) is 10.5 Å². The summed E-state index contributed by atoms with van der Waals surface area (Å²) in [6.45, 7) is 4.23. The summed E-state index contributed by atoms with van der Waals surface area (Å²) in [5.41, 5.74) is 5.63. The van der Waals surface area contributed by atoms with Crippen LogP contribution in [-0.4, -0.2) is 16.9 Å². The molecule has 2 rings (SSSR count). The summed E-state index contributed by atoms with van der Waals surface area (Å²) in [5.74, 6) is -0.342. The van der Waals surface area contributed by atoms with Crippen LogP contribution in [0.2, 0.25) is 0 Å². The standard InChI is InChI=1S/C14H19N3O3/c1-14(2)8-4-7-11(14)16-13(18)9-5-3-6-10(12(9)15)17(19)20/h3,5-6,11H,4,7-8,15H2,1-2H3,(H,16,18). The van der Waals surface area contributed by atoms with Crippen LogP contribution in [0.5, 0.6) is 0 Å². The van der Waals surface area contributed by atoms with E-state index >= 15 is 0 Å². The quantitative estimate of drug-likeness (QED) is 0.503. The van der Waals surface area contributed by atoms with Gasteiger partial charge in [-0.25, -0.2) is 0 Å². The minimum Gasteiger partial charge on any atom is -0.393 e. The predicted octanol–water partition coefficient (Wildman–Crippen LogP) is 2.49. The molecule has 108 valence electrons. The summed E-state index contributed by atoms with van der Waals surface area (Å²) in [7, 11) is 0. The SMILES string of the molecule is CC1(C)CCCC1NC(=O)c1cccc([N+](=O)[O-])c1N. The van der Waals surface area contributed by atoms with Gasteiger partial charge in [0.25, 0.3) is 11.6 Å². The van der Waals surface area contributed by atoms with E-state index in [2.05, 4.69) is 19.2 Å². The number of nitro groups is 1. The van der Waals surface area contributed by atoms with Crippen molar-refractivity contribution < 1.29 is 9.72 Å². The summed E-state index contributed by atoms with van der Waals surface area (Å²) in [6.07, 6.45) is 3.05. The summed E-state index contributed by atoms with van der Waals surface area (Å²) in [4.78, 5) is 22.5. The fourth-order valence-corrected chi connectivity index (χ4v) is 2.74. The van der Waals surface area contributed by atoms with Gasteiger partial charge in [-0.1, -0.05) is 26.3 Å². The van der Waals surface area contributed by atoms with Gasteiger partial charge < -0.3 is 11.1 Å². The van der Waals surface area contributed by atoms with E-state index in [9.17, 15) is 14.9 Å². The summed E-state index contributed by atoms with van der Waals surface area (Å²) >= 11 is 0. The second kappa shape index (κ2) is 5.11. The smallest absolute Gasteiger partial charge is 0.292 e. The van der Waals surface area contributed by atoms with E-state index in [1.807, 2.05) is 0 Å². The highest BCUT2D eigenvalue weighted by Crippen LogP contribution is 2.37. The van der Waals surface area contributed by atoms with Gasteiger partial charge in [0.15, 0.2) is 0 Å². The molecular formula is C14H19N3O3. The van der Waals surface area contributed by atoms with Crippen LogP contribution < -0.4 is 11.1 Å². The lowest BCUT2D eigenvalue weighted by Crippen LogP contribution is -2.41. The van der Waals surface area contributed by atoms with E-state index < -0.39 is 4.92 Å². The Morgan fingerprint density at radius 3 is 2.75 bits per heavy atom. The lowest BCUT2D eigenvalue weighted by Gasteiger charge is -2.27. The van der Waals surface area contributed by atoms with Gasteiger partial charge in [0.2, 0.25) is 0 Å². The fourth-order valence-electron chi connectivity index (χ4n) is 2.74. The number of para-hydroxylation sites is 1. The molecular weight excluding hydrogens is 258 g/mol. The van der Waals surface area contributed by atoms with Crippen LogP contribution in [0.1, 0.15) is 43.5 Å². The van der Waals surface area contributed by atoms with E-state index in [0.717, 1.165) is 19.3 Å². The third kappa shape index (κ3) is 2.59. The Balaban J connectivity index is 2.22. The highest BCUT2D eigenvalue weighted by Gasteiger charge is 2.36. The second-order valence-electron chi connectivity index (χ2n) is 5.90. The molecule has 1 aliphatic rings. The van der Waals surface area contributed by atoms with Crippen LogP contribution in [0.15, 0.2) is 18.2 Å². The molecule has 0 spiro atoms. The molecule has 1 atom stereocenters. The molecule has 6 heteroatoms. The summed E-state index contributed by atoms with van der Waals surface area (Å²) in [5, 5.41) is 13.8. The van der Waals surface area contributed by atoms with E-state index in [0.29, 0.717) is 0 Å². The highest BCUT2D eigenvalue weighted by molar-refractivity contribution is 6.01. The third-order valence-corrected chi connectivity index (χ3v) is 4.09. The molecule has 0 heterocycles. The second-order valence-corrected chi connectivity index (χ2v) is 5.90. The highest BCUT2D eigenvalue weighted by atomic mass is 16.6. The van der Waals surface area contributed by atoms with Crippen molar-refractivity contribution in [2.45, 2.75) is 39.2 Å². The van der Waals surface area contributed by atoms with Gasteiger partial charge in [0, 0.05) is 12.1 Å². The number of rotatable bonds is 3. The number of anilines is 1. The number of amides is 1. The molecule has 0 bridgehead atoms. The molecule has 1 amide bonds. The Bertz CT molecular complexity index is 555. The number of nitro benzene ring substituents is 1. The van der Waals surface area contributed by atoms with Gasteiger partial charge in [-0.05, 0) is 24.3 Å². The fraction of sp³-hybridized carbons (Fsp3) is 0.500. The van der Waals surface area contributed by atoms with Crippen molar-refractivity contribution in [1.29, 1.82) is 0 Å². The Hall–Kier alpha value is -2.11. The zero-order chi connectivity index (χ0) is 14.9. The molecule has 1 aliphatic carbocycles. The van der Waals surface area contributed by atoms with Gasteiger partial charge in [-0.3, -0.25) is 14.9 Å². The van der Waals surface area contributed by atoms with Crippen molar-refractivity contribution in [3.8, 4) is 0 Å². The number of hydrogen-bond acceptors (Lipinski definition) is 4. The predicted molar refractivity (Wildman–Crippen MR) is 76.4 cm³/mol. The van der Waals surface area contributed by atoms with Gasteiger partial charge >= 0.3 is 0 Å². The van der Waals surface area contributed by atoms with Crippen LogP contribution in [0.4, 0.5) is 11.4 Å². The molecule has 6 nitrogen and oxygen atoms in total. The molecule has 1 aromatic rings. The van der Waals surface area contributed by atoms with E-state index in [4.69, 9.17) is 5.73 Å². The minimum absolute atomic E-state index is 0.0468. The molecule has 0 aliphatic heterocycles. The van der Waals surface area contributed by atoms with Crippen LogP contribution >= 0.6 is 0 Å².